The largest absolute Gasteiger partial charge is 0.496 e. The molecule has 5 heteroatoms. The maximum Gasteiger partial charge on any atom is 0.221 e. The first kappa shape index (κ1) is 12.6. The van der Waals surface area contributed by atoms with Crippen molar-refractivity contribution in [2.75, 3.05) is 12.8 Å². The Bertz CT molecular complexity index is 726. The van der Waals surface area contributed by atoms with Crippen molar-refractivity contribution in [3.63, 3.8) is 0 Å². The van der Waals surface area contributed by atoms with E-state index in [4.69, 9.17) is 10.5 Å². The lowest BCUT2D eigenvalue weighted by Crippen LogP contribution is -1.99. The van der Waals surface area contributed by atoms with Crippen LogP contribution in [-0.2, 0) is 0 Å². The predicted octanol–water partition coefficient (Wildman–Crippen LogP) is 3.46. The number of nitrogen functional groups attached to an aromatic ring is 1. The summed E-state index contributed by atoms with van der Waals surface area (Å²) in [6.45, 7) is 0. The van der Waals surface area contributed by atoms with Crippen molar-refractivity contribution in [2.45, 2.75) is 0 Å². The summed E-state index contributed by atoms with van der Waals surface area (Å²) in [5, 5.41) is 2.01. The van der Waals surface area contributed by atoms with Gasteiger partial charge in [-0.2, -0.15) is 0 Å². The van der Waals surface area contributed by atoms with Gasteiger partial charge in [0.1, 0.15) is 5.75 Å². The number of methoxy groups -OCH3 is 1. The lowest BCUT2D eigenvalue weighted by Gasteiger charge is -2.09. The SMILES string of the molecule is COc1ccccc1-c1cc(-c2cccs2)nc(N)n1. The van der Waals surface area contributed by atoms with Crippen LogP contribution in [0.2, 0.25) is 0 Å². The van der Waals surface area contributed by atoms with Gasteiger partial charge in [0.25, 0.3) is 0 Å². The van der Waals surface area contributed by atoms with Gasteiger partial charge in [-0.1, -0.05) is 18.2 Å². The van der Waals surface area contributed by atoms with E-state index in [2.05, 4.69) is 9.97 Å². The van der Waals surface area contributed by atoms with Gasteiger partial charge in [-0.3, -0.25) is 0 Å². The molecule has 0 aliphatic carbocycles. The van der Waals surface area contributed by atoms with Crippen LogP contribution in [0.4, 0.5) is 5.95 Å². The van der Waals surface area contributed by atoms with Crippen LogP contribution >= 0.6 is 11.3 Å². The van der Waals surface area contributed by atoms with E-state index in [9.17, 15) is 0 Å². The Morgan fingerprint density at radius 2 is 1.85 bits per heavy atom. The van der Waals surface area contributed by atoms with Crippen LogP contribution < -0.4 is 10.5 Å². The van der Waals surface area contributed by atoms with E-state index in [1.54, 1.807) is 18.4 Å². The van der Waals surface area contributed by atoms with E-state index in [0.717, 1.165) is 27.6 Å². The summed E-state index contributed by atoms with van der Waals surface area (Å²) in [5.74, 6) is 1.03. The van der Waals surface area contributed by atoms with Crippen molar-refractivity contribution in [2.24, 2.45) is 0 Å². The Morgan fingerprint density at radius 3 is 2.60 bits per heavy atom. The fourth-order valence-corrected chi connectivity index (χ4v) is 2.70. The van der Waals surface area contributed by atoms with Crippen LogP contribution in [-0.4, -0.2) is 17.1 Å². The van der Waals surface area contributed by atoms with E-state index < -0.39 is 0 Å². The first-order valence-electron chi connectivity index (χ1n) is 6.10. The normalized spacial score (nSPS) is 10.4. The molecule has 0 unspecified atom stereocenters. The van der Waals surface area contributed by atoms with Crippen molar-refractivity contribution >= 4 is 17.3 Å². The van der Waals surface area contributed by atoms with Crippen molar-refractivity contribution in [3.05, 3.63) is 47.8 Å². The van der Waals surface area contributed by atoms with E-state index in [0.29, 0.717) is 0 Å². The summed E-state index contributed by atoms with van der Waals surface area (Å²) in [5.41, 5.74) is 8.33. The minimum absolute atomic E-state index is 0.261. The van der Waals surface area contributed by atoms with Crippen LogP contribution in [0.25, 0.3) is 21.8 Å². The van der Waals surface area contributed by atoms with Crippen LogP contribution in [0.3, 0.4) is 0 Å². The number of anilines is 1. The average molecular weight is 283 g/mol. The molecule has 2 aromatic heterocycles. The second-order valence-electron chi connectivity index (χ2n) is 4.17. The Labute approximate surface area is 120 Å². The molecule has 4 nitrogen and oxygen atoms in total. The third kappa shape index (κ3) is 2.35. The molecule has 3 aromatic rings. The second-order valence-corrected chi connectivity index (χ2v) is 5.12. The zero-order valence-corrected chi connectivity index (χ0v) is 11.7. The van der Waals surface area contributed by atoms with E-state index in [1.165, 1.54) is 0 Å². The summed E-state index contributed by atoms with van der Waals surface area (Å²) in [4.78, 5) is 9.67. The zero-order valence-electron chi connectivity index (χ0n) is 10.9. The average Bonchev–Trinajstić information content (AvgIpc) is 3.01. The van der Waals surface area contributed by atoms with Crippen molar-refractivity contribution in [1.29, 1.82) is 0 Å². The van der Waals surface area contributed by atoms with Gasteiger partial charge in [0, 0.05) is 5.56 Å². The molecule has 0 bridgehead atoms. The number of rotatable bonds is 3. The highest BCUT2D eigenvalue weighted by molar-refractivity contribution is 7.13. The van der Waals surface area contributed by atoms with Crippen LogP contribution in [0, 0.1) is 0 Å². The molecule has 0 radical (unpaired) electrons. The third-order valence-electron chi connectivity index (χ3n) is 2.90. The first-order valence-corrected chi connectivity index (χ1v) is 6.97. The Hall–Kier alpha value is -2.40. The third-order valence-corrected chi connectivity index (χ3v) is 3.79. The fourth-order valence-electron chi connectivity index (χ4n) is 2.01. The van der Waals surface area contributed by atoms with Gasteiger partial charge in [-0.05, 0) is 29.6 Å². The Balaban J connectivity index is 2.15. The first-order chi connectivity index (χ1) is 9.78. The zero-order chi connectivity index (χ0) is 13.9. The molecule has 0 fully saturated rings. The van der Waals surface area contributed by atoms with Crippen LogP contribution in [0.5, 0.6) is 5.75 Å². The molecule has 20 heavy (non-hydrogen) atoms. The lowest BCUT2D eigenvalue weighted by molar-refractivity contribution is 0.416. The Morgan fingerprint density at radius 1 is 1.05 bits per heavy atom. The summed E-state index contributed by atoms with van der Waals surface area (Å²) in [6.07, 6.45) is 0. The number of nitrogens with zero attached hydrogens (tertiary/aromatic N) is 2. The lowest BCUT2D eigenvalue weighted by atomic mass is 10.1. The molecule has 1 aromatic carbocycles. The molecule has 0 atom stereocenters. The van der Waals surface area contributed by atoms with Crippen LogP contribution in [0.15, 0.2) is 47.8 Å². The van der Waals surface area contributed by atoms with E-state index in [1.807, 2.05) is 47.8 Å². The van der Waals surface area contributed by atoms with Crippen molar-refractivity contribution in [1.82, 2.24) is 9.97 Å². The number of ether oxygens (including phenoxy) is 1. The number of thiophene rings is 1. The minimum atomic E-state index is 0.261. The van der Waals surface area contributed by atoms with Gasteiger partial charge < -0.3 is 10.5 Å². The number of aromatic nitrogens is 2. The minimum Gasteiger partial charge on any atom is -0.496 e. The van der Waals surface area contributed by atoms with Crippen LogP contribution in [0.1, 0.15) is 0 Å². The predicted molar refractivity (Wildman–Crippen MR) is 81.7 cm³/mol. The second kappa shape index (κ2) is 5.30. The highest BCUT2D eigenvalue weighted by Gasteiger charge is 2.11. The van der Waals surface area contributed by atoms with Gasteiger partial charge in [0.15, 0.2) is 0 Å². The number of hydrogen-bond donors (Lipinski definition) is 1. The van der Waals surface area contributed by atoms with Gasteiger partial charge >= 0.3 is 0 Å². The Kier molecular flexibility index (Phi) is 3.35. The monoisotopic (exact) mass is 283 g/mol. The molecule has 3 rings (SSSR count). The molecule has 0 aliphatic heterocycles. The van der Waals surface area contributed by atoms with E-state index in [-0.39, 0.29) is 5.95 Å². The maximum atomic E-state index is 5.84. The highest BCUT2D eigenvalue weighted by atomic mass is 32.1. The number of benzene rings is 1. The highest BCUT2D eigenvalue weighted by Crippen LogP contribution is 2.32. The molecular weight excluding hydrogens is 270 g/mol. The molecule has 0 saturated heterocycles. The van der Waals surface area contributed by atoms with Gasteiger partial charge in [0.05, 0.1) is 23.4 Å². The smallest absolute Gasteiger partial charge is 0.221 e. The topological polar surface area (TPSA) is 61.0 Å². The van der Waals surface area contributed by atoms with Gasteiger partial charge in [-0.15, -0.1) is 11.3 Å². The molecule has 0 spiro atoms. The van der Waals surface area contributed by atoms with Gasteiger partial charge in [-0.25, -0.2) is 9.97 Å². The molecule has 0 aliphatic rings. The van der Waals surface area contributed by atoms with Gasteiger partial charge in [0.2, 0.25) is 5.95 Å². The molecule has 2 N–H and O–H groups in total. The maximum absolute atomic E-state index is 5.84. The molecule has 100 valence electrons. The quantitative estimate of drug-likeness (QED) is 0.799. The molecule has 0 amide bonds. The fraction of sp³-hybridized carbons (Fsp3) is 0.0667. The summed E-state index contributed by atoms with van der Waals surface area (Å²) in [6, 6.07) is 13.7. The molecular formula is C15H13N3OS. The van der Waals surface area contributed by atoms with E-state index >= 15 is 0 Å². The summed E-state index contributed by atoms with van der Waals surface area (Å²) >= 11 is 1.62. The number of nitrogens with two attached hydrogens (primary N) is 1. The molecule has 0 saturated carbocycles. The standard InChI is InChI=1S/C15H13N3OS/c1-19-13-6-3-2-5-10(13)11-9-12(18-15(16)17-11)14-7-4-8-20-14/h2-9H,1H3,(H2,16,17,18). The summed E-state index contributed by atoms with van der Waals surface area (Å²) in [7, 11) is 1.64. The summed E-state index contributed by atoms with van der Waals surface area (Å²) < 4.78 is 5.37. The molecule has 2 heterocycles. The van der Waals surface area contributed by atoms with Crippen molar-refractivity contribution < 1.29 is 4.74 Å². The number of hydrogen-bond acceptors (Lipinski definition) is 5. The number of para-hydroxylation sites is 1. The van der Waals surface area contributed by atoms with Crippen molar-refractivity contribution in [3.8, 4) is 27.6 Å².